The van der Waals surface area contributed by atoms with Crippen molar-refractivity contribution in [1.29, 1.82) is 0 Å². The molecule has 15 heavy (non-hydrogen) atoms. The molecule has 0 fully saturated rings. The number of nitrogens with one attached hydrogen (secondary N) is 1. The maximum absolute atomic E-state index is 11.1. The van der Waals surface area contributed by atoms with E-state index in [1.54, 1.807) is 12.4 Å². The quantitative estimate of drug-likeness (QED) is 0.434. The van der Waals surface area contributed by atoms with E-state index in [0.717, 1.165) is 24.9 Å². The number of aromatic amines is 1. The summed E-state index contributed by atoms with van der Waals surface area (Å²) in [4.78, 5) is 6.99. The summed E-state index contributed by atoms with van der Waals surface area (Å²) in [7, 11) is -3.42. The van der Waals surface area contributed by atoms with E-state index in [2.05, 4.69) is 20.7 Å². The predicted molar refractivity (Wildman–Crippen MR) is 56.6 cm³/mol. The minimum absolute atomic E-state index is 0.0136. The molecule has 0 bridgehead atoms. The van der Waals surface area contributed by atoms with Gasteiger partial charge in [0.2, 0.25) is 0 Å². The zero-order chi connectivity index (χ0) is 11.1. The molecule has 0 radical (unpaired) electrons. The number of hydrogen-bond acceptors (Lipinski definition) is 4. The molecule has 1 aromatic rings. The molecular weight excluding hydrogens is 216 g/mol. The molecule has 1 N–H and O–H groups in total. The van der Waals surface area contributed by atoms with Crippen LogP contribution < -0.4 is 0 Å². The van der Waals surface area contributed by atoms with E-state index >= 15 is 0 Å². The van der Waals surface area contributed by atoms with Crippen molar-refractivity contribution in [3.05, 3.63) is 31.1 Å². The number of H-pyrrole nitrogens is 1. The third-order valence-electron chi connectivity index (χ3n) is 1.83. The molecule has 0 unspecified atom stereocenters. The molecule has 0 atom stereocenters. The first-order valence-corrected chi connectivity index (χ1v) is 6.22. The van der Waals surface area contributed by atoms with Crippen molar-refractivity contribution in [3.8, 4) is 0 Å². The number of aryl methyl sites for hydroxylation is 1. The third kappa shape index (κ3) is 4.64. The van der Waals surface area contributed by atoms with Crippen LogP contribution in [0.5, 0.6) is 0 Å². The summed E-state index contributed by atoms with van der Waals surface area (Å²) in [5.74, 6) is 0.886. The van der Waals surface area contributed by atoms with Gasteiger partial charge in [0.15, 0.2) is 0 Å². The standard InChI is InChI=1S/C9H14N2O3S/c1-2-14-15(12,13)8-4-3-5-9-10-6-7-11-9/h2,6-7H,1,3-5,8H2,(H,10,11). The minimum atomic E-state index is -3.42. The van der Waals surface area contributed by atoms with Gasteiger partial charge in [-0.15, -0.1) is 0 Å². The zero-order valence-corrected chi connectivity index (χ0v) is 9.16. The Morgan fingerprint density at radius 3 is 2.93 bits per heavy atom. The molecule has 1 rings (SSSR count). The molecule has 0 spiro atoms. The Bertz CT molecular complexity index is 383. The molecule has 0 amide bonds. The highest BCUT2D eigenvalue weighted by Crippen LogP contribution is 2.03. The average molecular weight is 230 g/mol. The Morgan fingerprint density at radius 2 is 2.33 bits per heavy atom. The number of hydrogen-bond donors (Lipinski definition) is 1. The van der Waals surface area contributed by atoms with Crippen molar-refractivity contribution >= 4 is 10.1 Å². The van der Waals surface area contributed by atoms with Crippen LogP contribution in [0.3, 0.4) is 0 Å². The van der Waals surface area contributed by atoms with Gasteiger partial charge in [-0.3, -0.25) is 0 Å². The van der Waals surface area contributed by atoms with Gasteiger partial charge in [-0.05, 0) is 12.8 Å². The molecular formula is C9H14N2O3S. The van der Waals surface area contributed by atoms with Gasteiger partial charge in [0.05, 0.1) is 12.0 Å². The van der Waals surface area contributed by atoms with Gasteiger partial charge in [-0.2, -0.15) is 8.42 Å². The smallest absolute Gasteiger partial charge is 0.308 e. The van der Waals surface area contributed by atoms with Crippen molar-refractivity contribution in [2.24, 2.45) is 0 Å². The fourth-order valence-corrected chi connectivity index (χ4v) is 2.02. The first kappa shape index (κ1) is 11.8. The summed E-state index contributed by atoms with van der Waals surface area (Å²) < 4.78 is 26.5. The Balaban J connectivity index is 2.19. The van der Waals surface area contributed by atoms with E-state index in [1.807, 2.05) is 0 Å². The number of imidazole rings is 1. The molecule has 1 heterocycles. The number of unbranched alkanes of at least 4 members (excludes halogenated alkanes) is 1. The van der Waals surface area contributed by atoms with Crippen LogP contribution >= 0.6 is 0 Å². The van der Waals surface area contributed by atoms with Crippen LogP contribution in [0.1, 0.15) is 18.7 Å². The van der Waals surface area contributed by atoms with E-state index in [4.69, 9.17) is 0 Å². The zero-order valence-electron chi connectivity index (χ0n) is 8.35. The van der Waals surface area contributed by atoms with Crippen LogP contribution in [0, 0.1) is 0 Å². The van der Waals surface area contributed by atoms with Crippen LogP contribution in [-0.2, 0) is 20.7 Å². The van der Waals surface area contributed by atoms with E-state index < -0.39 is 10.1 Å². The average Bonchev–Trinajstić information content (AvgIpc) is 2.65. The summed E-state index contributed by atoms with van der Waals surface area (Å²) in [5.41, 5.74) is 0. The summed E-state index contributed by atoms with van der Waals surface area (Å²) in [5, 5.41) is 0. The molecule has 1 aromatic heterocycles. The van der Waals surface area contributed by atoms with E-state index in [9.17, 15) is 8.42 Å². The van der Waals surface area contributed by atoms with Crippen molar-refractivity contribution < 1.29 is 12.6 Å². The van der Waals surface area contributed by atoms with Gasteiger partial charge in [0, 0.05) is 18.8 Å². The van der Waals surface area contributed by atoms with Crippen LogP contribution in [-0.4, -0.2) is 24.1 Å². The monoisotopic (exact) mass is 230 g/mol. The lowest BCUT2D eigenvalue weighted by molar-refractivity contribution is 0.442. The van der Waals surface area contributed by atoms with Crippen molar-refractivity contribution in [2.45, 2.75) is 19.3 Å². The lowest BCUT2D eigenvalue weighted by Gasteiger charge is -2.01. The lowest BCUT2D eigenvalue weighted by atomic mass is 10.2. The Morgan fingerprint density at radius 1 is 1.53 bits per heavy atom. The maximum Gasteiger partial charge on any atom is 0.308 e. The summed E-state index contributed by atoms with van der Waals surface area (Å²) in [6.07, 6.45) is 6.41. The number of aromatic nitrogens is 2. The highest BCUT2D eigenvalue weighted by Gasteiger charge is 2.08. The maximum atomic E-state index is 11.1. The van der Waals surface area contributed by atoms with Gasteiger partial charge < -0.3 is 9.17 Å². The van der Waals surface area contributed by atoms with Gasteiger partial charge >= 0.3 is 10.1 Å². The number of rotatable bonds is 7. The fraction of sp³-hybridized carbons (Fsp3) is 0.444. The van der Waals surface area contributed by atoms with Gasteiger partial charge in [-0.1, -0.05) is 6.58 Å². The topological polar surface area (TPSA) is 72.1 Å². The Kier molecular flexibility index (Phi) is 4.36. The SMILES string of the molecule is C=COS(=O)(=O)CCCCc1ncc[nH]1. The molecule has 84 valence electrons. The van der Waals surface area contributed by atoms with Crippen molar-refractivity contribution in [3.63, 3.8) is 0 Å². The molecule has 0 aliphatic carbocycles. The molecule has 6 heteroatoms. The van der Waals surface area contributed by atoms with Crippen LogP contribution in [0.4, 0.5) is 0 Å². The predicted octanol–water partition coefficient (Wildman–Crippen LogP) is 1.22. The normalized spacial score (nSPS) is 11.2. The number of nitrogens with zero attached hydrogens (tertiary/aromatic N) is 1. The highest BCUT2D eigenvalue weighted by molar-refractivity contribution is 7.86. The molecule has 0 aliphatic rings. The van der Waals surface area contributed by atoms with Crippen LogP contribution in [0.15, 0.2) is 25.2 Å². The Hall–Kier alpha value is -1.30. The fourth-order valence-electron chi connectivity index (χ4n) is 1.16. The molecule has 0 aliphatic heterocycles. The highest BCUT2D eigenvalue weighted by atomic mass is 32.2. The minimum Gasteiger partial charge on any atom is -0.391 e. The second-order valence-electron chi connectivity index (χ2n) is 3.02. The van der Waals surface area contributed by atoms with E-state index in [1.165, 1.54) is 0 Å². The molecule has 0 saturated carbocycles. The lowest BCUT2D eigenvalue weighted by Crippen LogP contribution is -2.07. The molecule has 0 saturated heterocycles. The second-order valence-corrected chi connectivity index (χ2v) is 4.73. The van der Waals surface area contributed by atoms with E-state index in [0.29, 0.717) is 6.42 Å². The third-order valence-corrected chi connectivity index (χ3v) is 3.05. The summed E-state index contributed by atoms with van der Waals surface area (Å²) in [6.45, 7) is 3.20. The first-order chi connectivity index (χ1) is 7.14. The summed E-state index contributed by atoms with van der Waals surface area (Å²) >= 11 is 0. The Labute approximate surface area is 89.3 Å². The summed E-state index contributed by atoms with van der Waals surface area (Å²) in [6, 6.07) is 0. The van der Waals surface area contributed by atoms with Crippen LogP contribution in [0.2, 0.25) is 0 Å². The largest absolute Gasteiger partial charge is 0.391 e. The second kappa shape index (κ2) is 5.55. The van der Waals surface area contributed by atoms with Gasteiger partial charge in [0.25, 0.3) is 0 Å². The van der Waals surface area contributed by atoms with Crippen molar-refractivity contribution in [1.82, 2.24) is 9.97 Å². The molecule has 5 nitrogen and oxygen atoms in total. The molecule has 0 aromatic carbocycles. The van der Waals surface area contributed by atoms with Gasteiger partial charge in [-0.25, -0.2) is 4.98 Å². The first-order valence-electron chi connectivity index (χ1n) is 4.64. The van der Waals surface area contributed by atoms with Crippen molar-refractivity contribution in [2.75, 3.05) is 5.75 Å². The van der Waals surface area contributed by atoms with Crippen LogP contribution in [0.25, 0.3) is 0 Å². The van der Waals surface area contributed by atoms with E-state index in [-0.39, 0.29) is 5.75 Å². The van der Waals surface area contributed by atoms with Gasteiger partial charge in [0.1, 0.15) is 5.82 Å².